The number of H-pyrrole nitrogens is 1. The summed E-state index contributed by atoms with van der Waals surface area (Å²) >= 11 is 3.48. The predicted octanol–water partition coefficient (Wildman–Crippen LogP) is 3.35. The van der Waals surface area contributed by atoms with Gasteiger partial charge in [-0.1, -0.05) is 34.1 Å². The summed E-state index contributed by atoms with van der Waals surface area (Å²) in [7, 11) is 0. The van der Waals surface area contributed by atoms with Crippen LogP contribution in [0.1, 0.15) is 35.5 Å². The van der Waals surface area contributed by atoms with E-state index in [9.17, 15) is 9.90 Å². The van der Waals surface area contributed by atoms with E-state index in [1.54, 1.807) is 36.8 Å². The van der Waals surface area contributed by atoms with Crippen LogP contribution in [0.2, 0.25) is 0 Å². The van der Waals surface area contributed by atoms with Gasteiger partial charge in [-0.15, -0.1) is 0 Å². The maximum Gasteiger partial charge on any atom is 0.277 e. The van der Waals surface area contributed by atoms with Crippen LogP contribution < -0.4 is 16.4 Å². The number of aliphatic hydroxyl groups is 1. The third-order valence-corrected chi connectivity index (χ3v) is 6.54. The van der Waals surface area contributed by atoms with Gasteiger partial charge in [0, 0.05) is 40.2 Å². The first kappa shape index (κ1) is 22.1. The van der Waals surface area contributed by atoms with Crippen LogP contribution in [0.5, 0.6) is 0 Å². The Hall–Kier alpha value is -3.76. The number of nitrogens with one attached hydrogen (secondary N) is 3. The first-order valence-corrected chi connectivity index (χ1v) is 11.4. The van der Waals surface area contributed by atoms with Crippen molar-refractivity contribution in [3.8, 4) is 5.82 Å². The molecule has 0 bridgehead atoms. The summed E-state index contributed by atoms with van der Waals surface area (Å²) in [4.78, 5) is 27.0. The molecule has 0 aliphatic carbocycles. The number of rotatable bonds is 5. The Morgan fingerprint density at radius 2 is 1.74 bits per heavy atom. The molecule has 2 unspecified atom stereocenters. The summed E-state index contributed by atoms with van der Waals surface area (Å²) in [6.45, 7) is 3.71. The van der Waals surface area contributed by atoms with Gasteiger partial charge in [-0.05, 0) is 49.7 Å². The minimum Gasteiger partial charge on any atom is -0.494 e. The largest absolute Gasteiger partial charge is 0.494 e. The van der Waals surface area contributed by atoms with Crippen LogP contribution >= 0.6 is 15.9 Å². The Morgan fingerprint density at radius 3 is 2.41 bits per heavy atom. The van der Waals surface area contributed by atoms with Crippen molar-refractivity contribution in [2.45, 2.75) is 25.3 Å². The monoisotopic (exact) mass is 519 g/mol. The van der Waals surface area contributed by atoms with Crippen LogP contribution in [0.25, 0.3) is 5.82 Å². The molecule has 4 N–H and O–H groups in total. The zero-order valence-corrected chi connectivity index (χ0v) is 20.0. The maximum atomic E-state index is 13.8. The first-order valence-electron chi connectivity index (χ1n) is 10.6. The van der Waals surface area contributed by atoms with E-state index in [1.807, 2.05) is 44.2 Å². The normalized spacial score (nSPS) is 18.7. The lowest BCUT2D eigenvalue weighted by molar-refractivity contribution is 0.342. The smallest absolute Gasteiger partial charge is 0.277 e. The van der Waals surface area contributed by atoms with Gasteiger partial charge in [0.25, 0.3) is 5.56 Å². The van der Waals surface area contributed by atoms with E-state index in [1.165, 1.54) is 4.68 Å². The molecule has 0 radical (unpaired) electrons. The molecule has 172 valence electrons. The zero-order valence-electron chi connectivity index (χ0n) is 18.5. The number of benzene rings is 1. The van der Waals surface area contributed by atoms with Crippen LogP contribution in [-0.2, 0) is 5.54 Å². The average Bonchev–Trinajstić information content (AvgIpc) is 3.33. The first-order chi connectivity index (χ1) is 16.4. The molecule has 0 saturated carbocycles. The second-order valence-electron chi connectivity index (χ2n) is 8.17. The highest BCUT2D eigenvalue weighted by molar-refractivity contribution is 9.10. The highest BCUT2D eigenvalue weighted by atomic mass is 79.9. The van der Waals surface area contributed by atoms with Gasteiger partial charge >= 0.3 is 0 Å². The Bertz CT molecular complexity index is 1420. The second kappa shape index (κ2) is 8.54. The molecular formula is C24H22BrN7O2. The third-order valence-electron chi connectivity index (χ3n) is 6.01. The number of hydrogen-bond donors (Lipinski definition) is 4. The standard InChI is InChI=1S/C24H22BrN7O2/c1-14-18(22(34)32(30-14)17-6-3-4-11-26-17)19(15-7-9-16(25)10-8-15)20-21(33)29-31-24(20,2)23-27-12-5-13-28-23/h3-13,19,29-31,33H,1-2H3. The molecular weight excluding hydrogens is 498 g/mol. The molecule has 9 nitrogen and oxygen atoms in total. The molecule has 1 aliphatic heterocycles. The molecule has 34 heavy (non-hydrogen) atoms. The maximum absolute atomic E-state index is 13.8. The van der Waals surface area contributed by atoms with Gasteiger partial charge in [0.15, 0.2) is 11.6 Å². The number of aryl methyl sites for hydroxylation is 1. The molecule has 4 heterocycles. The lowest BCUT2D eigenvalue weighted by atomic mass is 9.76. The number of aromatic amines is 1. The van der Waals surface area contributed by atoms with Crippen LogP contribution in [0.3, 0.4) is 0 Å². The minimum atomic E-state index is -0.991. The van der Waals surface area contributed by atoms with Crippen molar-refractivity contribution < 1.29 is 5.11 Å². The molecule has 10 heteroatoms. The van der Waals surface area contributed by atoms with E-state index >= 15 is 0 Å². The van der Waals surface area contributed by atoms with E-state index in [0.29, 0.717) is 28.5 Å². The summed E-state index contributed by atoms with van der Waals surface area (Å²) < 4.78 is 2.32. The van der Waals surface area contributed by atoms with E-state index in [0.717, 1.165) is 10.0 Å². The minimum absolute atomic E-state index is 0.0766. The molecule has 0 saturated heterocycles. The molecule has 5 rings (SSSR count). The molecule has 1 aromatic carbocycles. The molecule has 3 aromatic heterocycles. The fraction of sp³-hybridized carbons (Fsp3) is 0.167. The van der Waals surface area contributed by atoms with Gasteiger partial charge in [0.2, 0.25) is 5.88 Å². The van der Waals surface area contributed by atoms with Gasteiger partial charge in [0.05, 0.1) is 5.56 Å². The molecule has 4 aromatic rings. The topological polar surface area (TPSA) is 121 Å². The fourth-order valence-corrected chi connectivity index (χ4v) is 4.66. The van der Waals surface area contributed by atoms with Crippen molar-refractivity contribution in [1.82, 2.24) is 35.6 Å². The number of aliphatic hydroxyl groups excluding tert-OH is 1. The highest BCUT2D eigenvalue weighted by Crippen LogP contribution is 2.44. The number of hydrazine groups is 1. The van der Waals surface area contributed by atoms with Crippen LogP contribution in [0.4, 0.5) is 0 Å². The van der Waals surface area contributed by atoms with E-state index in [-0.39, 0.29) is 11.4 Å². The van der Waals surface area contributed by atoms with Gasteiger partial charge in [-0.25, -0.2) is 25.1 Å². The Morgan fingerprint density at radius 1 is 1.03 bits per heavy atom. The second-order valence-corrected chi connectivity index (χ2v) is 9.09. The molecule has 0 fully saturated rings. The van der Waals surface area contributed by atoms with Gasteiger partial charge < -0.3 is 5.11 Å². The lowest BCUT2D eigenvalue weighted by Crippen LogP contribution is -2.44. The van der Waals surface area contributed by atoms with Crippen LogP contribution in [-0.4, -0.2) is 29.8 Å². The number of halogens is 1. The van der Waals surface area contributed by atoms with Crippen molar-refractivity contribution in [2.24, 2.45) is 0 Å². The fourth-order valence-electron chi connectivity index (χ4n) is 4.39. The Kier molecular flexibility index (Phi) is 5.54. The SMILES string of the molecule is Cc1[nH]n(-c2ccccn2)c(=O)c1C(C1=C(O)NNC1(C)c1ncccn1)c1ccc(Br)cc1. The Balaban J connectivity index is 1.76. The van der Waals surface area contributed by atoms with E-state index in [2.05, 4.69) is 46.8 Å². The van der Waals surface area contributed by atoms with E-state index in [4.69, 9.17) is 0 Å². The van der Waals surface area contributed by atoms with Crippen molar-refractivity contribution in [1.29, 1.82) is 0 Å². The summed E-state index contributed by atoms with van der Waals surface area (Å²) in [6, 6.07) is 14.8. The van der Waals surface area contributed by atoms with Crippen molar-refractivity contribution >= 4 is 15.9 Å². The van der Waals surface area contributed by atoms with Gasteiger partial charge in [-0.3, -0.25) is 15.3 Å². The summed E-state index contributed by atoms with van der Waals surface area (Å²) in [5.74, 6) is 0.249. The van der Waals surface area contributed by atoms with Crippen LogP contribution in [0.15, 0.2) is 87.8 Å². The van der Waals surface area contributed by atoms with Crippen LogP contribution in [0, 0.1) is 6.92 Å². The van der Waals surface area contributed by atoms with Crippen molar-refractivity contribution in [3.63, 3.8) is 0 Å². The average molecular weight is 520 g/mol. The van der Waals surface area contributed by atoms with Crippen molar-refractivity contribution in [2.75, 3.05) is 0 Å². The lowest BCUT2D eigenvalue weighted by Gasteiger charge is -2.30. The third kappa shape index (κ3) is 3.61. The zero-order chi connectivity index (χ0) is 23.9. The molecule has 1 aliphatic rings. The quantitative estimate of drug-likeness (QED) is 0.319. The molecule has 0 spiro atoms. The Labute approximate surface area is 203 Å². The summed E-state index contributed by atoms with van der Waals surface area (Å²) in [6.07, 6.45) is 4.92. The number of nitrogens with zero attached hydrogens (tertiary/aromatic N) is 4. The summed E-state index contributed by atoms with van der Waals surface area (Å²) in [5, 5.41) is 14.2. The van der Waals surface area contributed by atoms with Gasteiger partial charge in [0.1, 0.15) is 5.54 Å². The van der Waals surface area contributed by atoms with Crippen molar-refractivity contribution in [3.05, 3.63) is 116 Å². The summed E-state index contributed by atoms with van der Waals surface area (Å²) in [5.41, 5.74) is 7.21. The van der Waals surface area contributed by atoms with Gasteiger partial charge in [-0.2, -0.15) is 0 Å². The highest BCUT2D eigenvalue weighted by Gasteiger charge is 2.47. The number of hydrogen-bond acceptors (Lipinski definition) is 7. The van der Waals surface area contributed by atoms with E-state index < -0.39 is 11.5 Å². The molecule has 0 amide bonds. The number of aromatic nitrogens is 5. The predicted molar refractivity (Wildman–Crippen MR) is 130 cm³/mol. The number of pyridine rings is 1. The molecule has 2 atom stereocenters.